The number of aromatic nitrogens is 2. The van der Waals surface area contributed by atoms with E-state index in [0.29, 0.717) is 0 Å². The highest BCUT2D eigenvalue weighted by Crippen LogP contribution is 2.42. The zero-order chi connectivity index (χ0) is 16.1. The van der Waals surface area contributed by atoms with Crippen LogP contribution in [0.1, 0.15) is 25.6 Å². The first-order valence-corrected chi connectivity index (χ1v) is 7.34. The van der Waals surface area contributed by atoms with Crippen molar-refractivity contribution in [2.24, 2.45) is 0 Å². The molecule has 9 heteroatoms. The van der Waals surface area contributed by atoms with E-state index in [2.05, 4.69) is 4.98 Å². The minimum Gasteiger partial charge on any atom is -0.394 e. The Morgan fingerprint density at radius 2 is 2.05 bits per heavy atom. The fourth-order valence-electron chi connectivity index (χ4n) is 2.86. The topological polar surface area (TPSA) is 106 Å². The van der Waals surface area contributed by atoms with E-state index in [1.54, 1.807) is 13.8 Å². The van der Waals surface area contributed by atoms with Gasteiger partial charge < -0.3 is 24.4 Å². The zero-order valence-corrected chi connectivity index (χ0v) is 13.0. The van der Waals surface area contributed by atoms with Gasteiger partial charge >= 0.3 is 0 Å². The summed E-state index contributed by atoms with van der Waals surface area (Å²) in [5.41, 5.74) is -0.278. The van der Waals surface area contributed by atoms with Crippen LogP contribution in [0, 0.1) is 4.77 Å². The third-order valence-corrected chi connectivity index (χ3v) is 4.10. The molecule has 0 saturated carbocycles. The maximum Gasteiger partial charge on any atom is 0.257 e. The van der Waals surface area contributed by atoms with Crippen LogP contribution in [-0.4, -0.2) is 50.5 Å². The lowest BCUT2D eigenvalue weighted by Gasteiger charge is -2.25. The van der Waals surface area contributed by atoms with Gasteiger partial charge in [0.2, 0.25) is 0 Å². The molecule has 3 rings (SSSR count). The quantitative estimate of drug-likeness (QED) is 0.660. The average Bonchev–Trinajstić information content (AvgIpc) is 2.92. The van der Waals surface area contributed by atoms with E-state index < -0.39 is 42.5 Å². The molecule has 3 heterocycles. The molecule has 3 N–H and O–H groups in total. The number of aliphatic hydroxyl groups is 2. The number of nitrogens with zero attached hydrogens (tertiary/aromatic N) is 1. The van der Waals surface area contributed by atoms with Crippen LogP contribution < -0.4 is 5.56 Å². The van der Waals surface area contributed by atoms with Gasteiger partial charge in [-0.15, -0.1) is 0 Å². The van der Waals surface area contributed by atoms with Gasteiger partial charge in [0.1, 0.15) is 18.3 Å². The molecule has 22 heavy (non-hydrogen) atoms. The standard InChI is InChI=1S/C13H18N2O6S/c1-13(2)20-8-7(5-17)19-11(9(8)21-13)15-3-6(4-16)10(18)14-12(15)22/h3,7-9,11,16-17H,4-5H2,1-2H3,(H,14,18,22)/t7-,8?,9+,11-/m1/s1. The molecule has 2 aliphatic rings. The normalized spacial score (nSPS) is 33.1. The summed E-state index contributed by atoms with van der Waals surface area (Å²) in [6.07, 6.45) is -0.674. The van der Waals surface area contributed by atoms with Gasteiger partial charge in [-0.2, -0.15) is 0 Å². The van der Waals surface area contributed by atoms with Gasteiger partial charge in [-0.3, -0.25) is 14.3 Å². The van der Waals surface area contributed by atoms with E-state index in [1.165, 1.54) is 10.8 Å². The highest BCUT2D eigenvalue weighted by atomic mass is 32.1. The van der Waals surface area contributed by atoms with E-state index >= 15 is 0 Å². The number of rotatable bonds is 3. The summed E-state index contributed by atoms with van der Waals surface area (Å²) in [7, 11) is 0. The molecule has 0 aromatic carbocycles. The van der Waals surface area contributed by atoms with Crippen molar-refractivity contribution in [3.63, 3.8) is 0 Å². The van der Waals surface area contributed by atoms with Crippen LogP contribution in [0.3, 0.4) is 0 Å². The summed E-state index contributed by atoms with van der Waals surface area (Å²) >= 11 is 5.16. The summed E-state index contributed by atoms with van der Waals surface area (Å²) in [5, 5.41) is 18.7. The molecule has 0 spiro atoms. The monoisotopic (exact) mass is 330 g/mol. The molecule has 2 aliphatic heterocycles. The first kappa shape index (κ1) is 15.8. The van der Waals surface area contributed by atoms with Crippen molar-refractivity contribution in [1.29, 1.82) is 0 Å². The summed E-state index contributed by atoms with van der Waals surface area (Å²) in [6, 6.07) is 0. The number of hydrogen-bond donors (Lipinski definition) is 3. The molecule has 1 unspecified atom stereocenters. The molecule has 4 atom stereocenters. The lowest BCUT2D eigenvalue weighted by Crippen LogP contribution is -2.31. The molecule has 122 valence electrons. The Morgan fingerprint density at radius 1 is 1.36 bits per heavy atom. The molecule has 1 aromatic rings. The number of H-pyrrole nitrogens is 1. The fourth-order valence-corrected chi connectivity index (χ4v) is 3.11. The number of aromatic amines is 1. The SMILES string of the molecule is CC1(C)OC2[C@@H](CO)O[C@@H](n3cc(CO)c(=O)[nH]c3=S)[C@H]2O1. The largest absolute Gasteiger partial charge is 0.394 e. The highest BCUT2D eigenvalue weighted by molar-refractivity contribution is 7.71. The van der Waals surface area contributed by atoms with E-state index in [-0.39, 0.29) is 16.9 Å². The van der Waals surface area contributed by atoms with Crippen LogP contribution in [0.15, 0.2) is 11.0 Å². The molecule has 0 amide bonds. The first-order chi connectivity index (χ1) is 10.4. The molecule has 0 aliphatic carbocycles. The summed E-state index contributed by atoms with van der Waals surface area (Å²) in [5.74, 6) is -0.797. The summed E-state index contributed by atoms with van der Waals surface area (Å²) < 4.78 is 19.1. The molecular weight excluding hydrogens is 312 g/mol. The smallest absolute Gasteiger partial charge is 0.257 e. The Balaban J connectivity index is 2.02. The second kappa shape index (κ2) is 5.52. The summed E-state index contributed by atoms with van der Waals surface area (Å²) in [4.78, 5) is 14.1. The Labute approximate surface area is 131 Å². The Morgan fingerprint density at radius 3 is 2.68 bits per heavy atom. The van der Waals surface area contributed by atoms with Gasteiger partial charge in [-0.1, -0.05) is 0 Å². The number of fused-ring (bicyclic) bond motifs is 1. The van der Waals surface area contributed by atoms with Gasteiger partial charge in [0.05, 0.1) is 18.8 Å². The van der Waals surface area contributed by atoms with Gasteiger partial charge in [0.15, 0.2) is 16.8 Å². The highest BCUT2D eigenvalue weighted by Gasteiger charge is 2.55. The Hall–Kier alpha value is -1.10. The number of nitrogens with one attached hydrogen (secondary N) is 1. The molecule has 0 radical (unpaired) electrons. The molecule has 2 saturated heterocycles. The zero-order valence-electron chi connectivity index (χ0n) is 12.2. The van der Waals surface area contributed by atoms with Crippen LogP contribution in [0.5, 0.6) is 0 Å². The molecule has 1 aromatic heterocycles. The van der Waals surface area contributed by atoms with Crippen molar-refractivity contribution in [1.82, 2.24) is 9.55 Å². The van der Waals surface area contributed by atoms with Gasteiger partial charge in [0.25, 0.3) is 5.56 Å². The first-order valence-electron chi connectivity index (χ1n) is 6.93. The van der Waals surface area contributed by atoms with Crippen molar-refractivity contribution in [2.75, 3.05) is 6.61 Å². The van der Waals surface area contributed by atoms with Crippen LogP contribution in [0.4, 0.5) is 0 Å². The minimum absolute atomic E-state index is 0.151. The minimum atomic E-state index is -0.797. The van der Waals surface area contributed by atoms with Gasteiger partial charge in [-0.25, -0.2) is 0 Å². The maximum absolute atomic E-state index is 11.7. The van der Waals surface area contributed by atoms with E-state index in [9.17, 15) is 15.0 Å². The second-order valence-electron chi connectivity index (χ2n) is 5.79. The lowest BCUT2D eigenvalue weighted by molar-refractivity contribution is -0.200. The molecule has 0 bridgehead atoms. The van der Waals surface area contributed by atoms with Crippen LogP contribution in [0.25, 0.3) is 0 Å². The van der Waals surface area contributed by atoms with Crippen LogP contribution >= 0.6 is 12.2 Å². The maximum atomic E-state index is 11.7. The van der Waals surface area contributed by atoms with Crippen molar-refractivity contribution in [3.8, 4) is 0 Å². The molecule has 2 fully saturated rings. The number of aliphatic hydroxyl groups excluding tert-OH is 2. The van der Waals surface area contributed by atoms with E-state index in [0.717, 1.165) is 0 Å². The van der Waals surface area contributed by atoms with Crippen molar-refractivity contribution in [3.05, 3.63) is 26.9 Å². The van der Waals surface area contributed by atoms with Gasteiger partial charge in [0, 0.05) is 6.20 Å². The van der Waals surface area contributed by atoms with Crippen LogP contribution in [-0.2, 0) is 20.8 Å². The van der Waals surface area contributed by atoms with E-state index in [4.69, 9.17) is 26.4 Å². The number of ether oxygens (including phenoxy) is 3. The van der Waals surface area contributed by atoms with Crippen molar-refractivity contribution >= 4 is 12.2 Å². The van der Waals surface area contributed by atoms with E-state index in [1.807, 2.05) is 0 Å². The Kier molecular flexibility index (Phi) is 3.96. The van der Waals surface area contributed by atoms with Gasteiger partial charge in [-0.05, 0) is 26.1 Å². The second-order valence-corrected chi connectivity index (χ2v) is 6.18. The summed E-state index contributed by atoms with van der Waals surface area (Å²) in [6.45, 7) is 2.92. The predicted octanol–water partition coefficient (Wildman–Crippen LogP) is -0.192. The van der Waals surface area contributed by atoms with Crippen molar-refractivity contribution in [2.45, 2.75) is 50.8 Å². The van der Waals surface area contributed by atoms with Crippen LogP contribution in [0.2, 0.25) is 0 Å². The fraction of sp³-hybridized carbons (Fsp3) is 0.692. The average molecular weight is 330 g/mol. The lowest BCUT2D eigenvalue weighted by atomic mass is 10.1. The third kappa shape index (κ3) is 2.53. The van der Waals surface area contributed by atoms with Crippen molar-refractivity contribution < 1.29 is 24.4 Å². The number of hydrogen-bond acceptors (Lipinski definition) is 7. The Bertz CT molecular complexity index is 684. The molecular formula is C13H18N2O6S. The molecule has 8 nitrogen and oxygen atoms in total. The third-order valence-electron chi connectivity index (χ3n) is 3.79. The predicted molar refractivity (Wildman–Crippen MR) is 76.6 cm³/mol.